The van der Waals surface area contributed by atoms with E-state index in [2.05, 4.69) is 29.0 Å². The van der Waals surface area contributed by atoms with E-state index >= 15 is 0 Å². The average Bonchev–Trinajstić information content (AvgIpc) is 2.57. The summed E-state index contributed by atoms with van der Waals surface area (Å²) >= 11 is 0. The third-order valence-corrected chi connectivity index (χ3v) is 2.63. The minimum absolute atomic E-state index is 1.24. The molecule has 24 nitrogen and oxygen atoms in total. The van der Waals surface area contributed by atoms with Gasteiger partial charge in [0, 0.05) is 0 Å². The molecule has 30 heavy (non-hydrogen) atoms. The van der Waals surface area contributed by atoms with Gasteiger partial charge in [0.2, 0.25) is 0 Å². The summed E-state index contributed by atoms with van der Waals surface area (Å²) < 4.78 is 0. The molecule has 0 aliphatic rings. The molecular formula is C6H14N6O18-6. The third kappa shape index (κ3) is 13.4. The predicted molar refractivity (Wildman–Crippen MR) is 73.4 cm³/mol. The van der Waals surface area contributed by atoms with Gasteiger partial charge in [0.1, 0.15) is 37.6 Å². The molecule has 0 aromatic carbocycles. The van der Waals surface area contributed by atoms with Gasteiger partial charge in [0.15, 0.2) is 0 Å². The topological polar surface area (TPSA) is 335 Å². The zero-order chi connectivity index (χ0) is 23.4. The number of hydrogen-bond donors (Lipinski definition) is 6. The first-order chi connectivity index (χ1) is 13.8. The summed E-state index contributed by atoms with van der Waals surface area (Å²) in [5, 5.41) is 108. The molecule has 0 spiro atoms. The first-order valence-corrected chi connectivity index (χ1v) is 6.73. The maximum atomic E-state index is 10.9. The Kier molecular flexibility index (Phi) is 14.5. The molecule has 182 valence electrons. The average molecular weight is 458 g/mol. The first-order valence-electron chi connectivity index (χ1n) is 6.73. The Morgan fingerprint density at radius 2 is 0.733 bits per heavy atom. The maximum Gasteiger partial charge on any atom is 0.142 e. The van der Waals surface area contributed by atoms with Crippen LogP contribution in [-0.4, -0.2) is 101 Å². The van der Waals surface area contributed by atoms with Crippen LogP contribution in [-0.2, 0) is 29.0 Å². The van der Waals surface area contributed by atoms with Crippen LogP contribution in [0.2, 0.25) is 0 Å². The van der Waals surface area contributed by atoms with Crippen molar-refractivity contribution >= 4 is 0 Å². The Hall–Kier alpha value is -0.960. The lowest BCUT2D eigenvalue weighted by Gasteiger charge is -2.42. The van der Waals surface area contributed by atoms with E-state index < -0.39 is 70.0 Å². The van der Waals surface area contributed by atoms with E-state index in [0.717, 1.165) is 0 Å². The Balaban J connectivity index is 6.01. The van der Waals surface area contributed by atoms with E-state index in [1.807, 2.05) is 0 Å². The number of rotatable bonds is 17. The highest BCUT2D eigenvalue weighted by molar-refractivity contribution is 4.85. The fourth-order valence-corrected chi connectivity index (χ4v) is 1.76. The predicted octanol–water partition coefficient (Wildman–Crippen LogP) is -2.82. The van der Waals surface area contributed by atoms with Gasteiger partial charge in [-0.3, -0.25) is 29.0 Å². The molecule has 6 N–H and O–H groups in total. The first kappa shape index (κ1) is 29.0. The van der Waals surface area contributed by atoms with Crippen molar-refractivity contribution in [3.63, 3.8) is 0 Å². The van der Waals surface area contributed by atoms with Crippen molar-refractivity contribution in [3.8, 4) is 0 Å². The van der Waals surface area contributed by atoms with Crippen molar-refractivity contribution in [1.29, 1.82) is 0 Å². The van der Waals surface area contributed by atoms with Crippen LogP contribution in [0.25, 0.3) is 0 Å². The van der Waals surface area contributed by atoms with Crippen LogP contribution in [0.15, 0.2) is 0 Å². The van der Waals surface area contributed by atoms with Crippen LogP contribution < -0.4 is 0 Å². The molecule has 0 aromatic rings. The quantitative estimate of drug-likeness (QED) is 0.120. The highest BCUT2D eigenvalue weighted by atomic mass is 17.1. The fourth-order valence-electron chi connectivity index (χ4n) is 1.76. The van der Waals surface area contributed by atoms with Crippen LogP contribution in [0.4, 0.5) is 0 Å². The summed E-state index contributed by atoms with van der Waals surface area (Å²) in [5.41, 5.74) is 0. The Bertz CT molecular complexity index is 390. The highest BCUT2D eigenvalue weighted by Crippen LogP contribution is 2.21. The molecule has 0 fully saturated rings. The monoisotopic (exact) mass is 458 g/mol. The van der Waals surface area contributed by atoms with Crippen molar-refractivity contribution in [3.05, 3.63) is 31.2 Å². The Labute approximate surface area is 163 Å². The summed E-state index contributed by atoms with van der Waals surface area (Å²) in [5.74, 6) is 0. The van der Waals surface area contributed by atoms with E-state index in [9.17, 15) is 31.2 Å². The fraction of sp³-hybridized carbons (Fsp3) is 1.00. The molecule has 0 rings (SSSR count). The molecule has 4 unspecified atom stereocenters. The molecule has 0 aliphatic carbocycles. The van der Waals surface area contributed by atoms with Crippen molar-refractivity contribution < 1.29 is 60.3 Å². The van der Waals surface area contributed by atoms with Crippen LogP contribution >= 0.6 is 0 Å². The van der Waals surface area contributed by atoms with Gasteiger partial charge >= 0.3 is 0 Å². The van der Waals surface area contributed by atoms with Crippen LogP contribution in [0.3, 0.4) is 0 Å². The van der Waals surface area contributed by atoms with Crippen molar-refractivity contribution in [2.24, 2.45) is 0 Å². The largest absolute Gasteiger partial charge is 0.738 e. The lowest BCUT2D eigenvalue weighted by Crippen LogP contribution is -2.56. The summed E-state index contributed by atoms with van der Waals surface area (Å²) in [6, 6.07) is 0. The molecule has 0 heterocycles. The van der Waals surface area contributed by atoms with E-state index in [1.165, 1.54) is 0 Å². The smallest absolute Gasteiger partial charge is 0.142 e. The second kappa shape index (κ2) is 14.9. The Morgan fingerprint density at radius 1 is 0.467 bits per heavy atom. The molecule has 4 atom stereocenters. The molecule has 24 heteroatoms. The third-order valence-electron chi connectivity index (χ3n) is 2.63. The summed E-state index contributed by atoms with van der Waals surface area (Å²) in [6.07, 6.45) is -9.86. The zero-order valence-corrected chi connectivity index (χ0v) is 14.0. The van der Waals surface area contributed by atoms with Crippen molar-refractivity contribution in [1.82, 2.24) is 32.3 Å². The van der Waals surface area contributed by atoms with E-state index in [1.54, 1.807) is 0 Å². The van der Waals surface area contributed by atoms with Crippen LogP contribution in [0.1, 0.15) is 0 Å². The molecule has 0 saturated heterocycles. The molecular weight excluding hydrogens is 444 g/mol. The van der Waals surface area contributed by atoms with Gasteiger partial charge in [-0.25, -0.2) is 0 Å². The Morgan fingerprint density at radius 3 is 0.933 bits per heavy atom. The van der Waals surface area contributed by atoms with Gasteiger partial charge in [-0.2, -0.15) is 0 Å². The molecule has 0 amide bonds. The standard InChI is InChI=1S/C6H14N6O18/c13-7(14)25-1-3(27-9(17)18)5(29-11(21)22)6(30-12(23)24)4(28-10(19)20)2-26-8(15)16/h3-6,13,15,17,19,21,23H,1-2H2/q-6. The molecule has 0 bridgehead atoms. The normalized spacial score (nSPS) is 17.0. The lowest BCUT2D eigenvalue weighted by molar-refractivity contribution is -0.447. The van der Waals surface area contributed by atoms with Crippen LogP contribution in [0.5, 0.6) is 0 Å². The van der Waals surface area contributed by atoms with Crippen LogP contribution in [0, 0.1) is 31.2 Å². The summed E-state index contributed by atoms with van der Waals surface area (Å²) in [4.78, 5) is 24.3. The van der Waals surface area contributed by atoms with Crippen molar-refractivity contribution in [2.45, 2.75) is 24.4 Å². The second-order valence-electron chi connectivity index (χ2n) is 4.45. The lowest BCUT2D eigenvalue weighted by atomic mass is 10.0. The molecule has 0 aromatic heterocycles. The van der Waals surface area contributed by atoms with E-state index in [0.29, 0.717) is 0 Å². The SMILES string of the molecule is [O-]N(O)OCC(ON([O-])O)C(ON([O-])O)C(ON([O-])O)C(CON([O-])O)ON([O-])O. The summed E-state index contributed by atoms with van der Waals surface area (Å²) in [7, 11) is 0. The molecule has 0 radical (unpaired) electrons. The second-order valence-corrected chi connectivity index (χ2v) is 4.45. The van der Waals surface area contributed by atoms with Gasteiger partial charge in [0.05, 0.1) is 0 Å². The maximum absolute atomic E-state index is 10.9. The van der Waals surface area contributed by atoms with E-state index in [4.69, 9.17) is 31.2 Å². The zero-order valence-electron chi connectivity index (χ0n) is 14.0. The van der Waals surface area contributed by atoms with Crippen molar-refractivity contribution in [2.75, 3.05) is 13.2 Å². The number of hydrogen-bond acceptors (Lipinski definition) is 24. The number of nitrogens with zero attached hydrogens (tertiary/aromatic N) is 6. The minimum Gasteiger partial charge on any atom is -0.738 e. The van der Waals surface area contributed by atoms with Gasteiger partial charge in [-0.15, -0.1) is 32.3 Å². The van der Waals surface area contributed by atoms with Gasteiger partial charge in [-0.05, 0) is 0 Å². The van der Waals surface area contributed by atoms with Gasteiger partial charge < -0.3 is 62.5 Å². The van der Waals surface area contributed by atoms with Gasteiger partial charge in [0.25, 0.3) is 0 Å². The molecule has 0 saturated carbocycles. The minimum atomic E-state index is -2.56. The van der Waals surface area contributed by atoms with E-state index in [-0.39, 0.29) is 0 Å². The van der Waals surface area contributed by atoms with Gasteiger partial charge in [-0.1, -0.05) is 0 Å². The molecule has 0 aliphatic heterocycles. The highest BCUT2D eigenvalue weighted by Gasteiger charge is 2.42. The summed E-state index contributed by atoms with van der Waals surface area (Å²) in [6.45, 7) is -2.74.